The average Bonchev–Trinajstić information content (AvgIpc) is 2.86. The fourth-order valence-electron chi connectivity index (χ4n) is 1.26. The number of carbonyl (C=O) groups is 1. The first kappa shape index (κ1) is 13.3. The van der Waals surface area contributed by atoms with Crippen molar-refractivity contribution in [1.82, 2.24) is 20.4 Å². The molecule has 0 radical (unpaired) electrons. The Balaban J connectivity index is 1.94. The minimum atomic E-state index is -0.332. The Morgan fingerprint density at radius 3 is 2.84 bits per heavy atom. The van der Waals surface area contributed by atoms with Gasteiger partial charge in [-0.3, -0.25) is 4.79 Å². The highest BCUT2D eigenvalue weighted by atomic mass is 35.5. The van der Waals surface area contributed by atoms with Crippen LogP contribution in [0.5, 0.6) is 0 Å². The van der Waals surface area contributed by atoms with Crippen molar-refractivity contribution in [2.24, 2.45) is 0 Å². The first-order chi connectivity index (χ1) is 9.06. The molecule has 100 valence electrons. The number of carbonyl (C=O) groups excluding carboxylic acids is 1. The first-order valence-corrected chi connectivity index (χ1v) is 5.83. The Bertz CT molecular complexity index is 567. The van der Waals surface area contributed by atoms with Crippen LogP contribution in [0.4, 0.5) is 5.95 Å². The van der Waals surface area contributed by atoms with E-state index in [1.165, 1.54) is 12.3 Å². The van der Waals surface area contributed by atoms with E-state index in [9.17, 15) is 4.79 Å². The minimum Gasteiger partial charge on any atom is -0.344 e. The lowest BCUT2D eigenvalue weighted by Gasteiger charge is -2.03. The maximum atomic E-state index is 11.8. The van der Waals surface area contributed by atoms with E-state index in [-0.39, 0.29) is 18.1 Å². The highest BCUT2D eigenvalue weighted by Gasteiger charge is 2.11. The van der Waals surface area contributed by atoms with Gasteiger partial charge in [0.05, 0.1) is 11.6 Å². The number of halogens is 1. The van der Waals surface area contributed by atoms with Crippen molar-refractivity contribution in [3.05, 3.63) is 34.9 Å². The minimum absolute atomic E-state index is 0.143. The molecule has 0 fully saturated rings. The number of anilines is 1. The molecule has 2 aromatic heterocycles. The Kier molecular flexibility index (Phi) is 3.96. The third-order valence-corrected chi connectivity index (χ3v) is 2.44. The van der Waals surface area contributed by atoms with Crippen LogP contribution in [-0.2, 0) is 6.54 Å². The standard InChI is InChI=1S/C11H12ClN5O2/c1-17(2)11-15-9(19-16-11)6-14-10(18)8-4-3-7(12)5-13-8/h3-5H,6H2,1-2H3,(H,14,18). The second kappa shape index (κ2) is 5.66. The number of hydrogen-bond donors (Lipinski definition) is 1. The summed E-state index contributed by atoms with van der Waals surface area (Å²) in [5.74, 6) is 0.446. The second-order valence-electron chi connectivity index (χ2n) is 3.93. The van der Waals surface area contributed by atoms with Crippen molar-refractivity contribution in [2.75, 3.05) is 19.0 Å². The molecule has 19 heavy (non-hydrogen) atoms. The summed E-state index contributed by atoms with van der Waals surface area (Å²) in [6.45, 7) is 0.143. The molecule has 2 heterocycles. The van der Waals surface area contributed by atoms with Crippen LogP contribution in [0.1, 0.15) is 16.4 Å². The van der Waals surface area contributed by atoms with Crippen molar-refractivity contribution in [3.8, 4) is 0 Å². The van der Waals surface area contributed by atoms with Crippen LogP contribution < -0.4 is 10.2 Å². The molecule has 1 N–H and O–H groups in total. The van der Waals surface area contributed by atoms with Gasteiger partial charge in [-0.05, 0) is 17.3 Å². The van der Waals surface area contributed by atoms with Crippen LogP contribution in [0.2, 0.25) is 5.02 Å². The monoisotopic (exact) mass is 281 g/mol. The summed E-state index contributed by atoms with van der Waals surface area (Å²) >= 11 is 5.69. The van der Waals surface area contributed by atoms with Gasteiger partial charge >= 0.3 is 0 Å². The summed E-state index contributed by atoms with van der Waals surface area (Å²) in [7, 11) is 3.59. The molecular weight excluding hydrogens is 270 g/mol. The van der Waals surface area contributed by atoms with Gasteiger partial charge in [-0.1, -0.05) is 11.6 Å². The third-order valence-electron chi connectivity index (χ3n) is 2.22. The predicted octanol–water partition coefficient (Wildman–Crippen LogP) is 1.11. The van der Waals surface area contributed by atoms with Gasteiger partial charge in [0.25, 0.3) is 11.9 Å². The van der Waals surface area contributed by atoms with E-state index >= 15 is 0 Å². The maximum absolute atomic E-state index is 11.8. The summed E-state index contributed by atoms with van der Waals surface area (Å²) in [6, 6.07) is 3.14. The van der Waals surface area contributed by atoms with Gasteiger partial charge in [0.2, 0.25) is 5.89 Å². The van der Waals surface area contributed by atoms with Gasteiger partial charge in [-0.2, -0.15) is 4.98 Å². The molecule has 2 aromatic rings. The second-order valence-corrected chi connectivity index (χ2v) is 4.36. The molecule has 2 rings (SSSR count). The zero-order valence-electron chi connectivity index (χ0n) is 10.4. The van der Waals surface area contributed by atoms with Crippen molar-refractivity contribution >= 4 is 23.5 Å². The molecule has 0 spiro atoms. The SMILES string of the molecule is CN(C)c1noc(CNC(=O)c2ccc(Cl)cn2)n1. The van der Waals surface area contributed by atoms with Gasteiger partial charge in [0.1, 0.15) is 5.69 Å². The Hall–Kier alpha value is -2.15. The Morgan fingerprint density at radius 2 is 2.26 bits per heavy atom. The highest BCUT2D eigenvalue weighted by molar-refractivity contribution is 6.30. The van der Waals surface area contributed by atoms with Crippen molar-refractivity contribution in [2.45, 2.75) is 6.54 Å². The Morgan fingerprint density at radius 1 is 1.47 bits per heavy atom. The number of nitrogens with zero attached hydrogens (tertiary/aromatic N) is 4. The van der Waals surface area contributed by atoms with Crippen LogP contribution in [0.15, 0.2) is 22.9 Å². The average molecular weight is 282 g/mol. The molecule has 0 saturated carbocycles. The lowest BCUT2D eigenvalue weighted by Crippen LogP contribution is -2.23. The fourth-order valence-corrected chi connectivity index (χ4v) is 1.37. The summed E-state index contributed by atoms with van der Waals surface area (Å²) in [4.78, 5) is 21.4. The van der Waals surface area contributed by atoms with E-state index in [4.69, 9.17) is 16.1 Å². The largest absolute Gasteiger partial charge is 0.344 e. The molecule has 7 nitrogen and oxygen atoms in total. The summed E-state index contributed by atoms with van der Waals surface area (Å²) in [6.07, 6.45) is 1.41. The van der Waals surface area contributed by atoms with Crippen LogP contribution in [-0.4, -0.2) is 35.1 Å². The number of amides is 1. The molecule has 1 amide bonds. The lowest BCUT2D eigenvalue weighted by atomic mass is 10.3. The molecule has 0 atom stereocenters. The molecular formula is C11H12ClN5O2. The van der Waals surface area contributed by atoms with Crippen LogP contribution in [0, 0.1) is 0 Å². The summed E-state index contributed by atoms with van der Waals surface area (Å²) in [5, 5.41) is 6.84. The van der Waals surface area contributed by atoms with E-state index in [1.807, 2.05) is 0 Å². The molecule has 0 aliphatic heterocycles. The molecule has 0 unspecified atom stereocenters. The van der Waals surface area contributed by atoms with Crippen LogP contribution in [0.3, 0.4) is 0 Å². The molecule has 0 bridgehead atoms. The highest BCUT2D eigenvalue weighted by Crippen LogP contribution is 2.07. The van der Waals surface area contributed by atoms with Crippen molar-refractivity contribution in [3.63, 3.8) is 0 Å². The van der Waals surface area contributed by atoms with Gasteiger partial charge in [0.15, 0.2) is 0 Å². The number of aromatic nitrogens is 3. The third kappa shape index (κ3) is 3.41. The molecule has 0 aromatic carbocycles. The number of pyridine rings is 1. The van der Waals surface area contributed by atoms with Gasteiger partial charge in [-0.25, -0.2) is 4.98 Å². The van der Waals surface area contributed by atoms with Crippen molar-refractivity contribution in [1.29, 1.82) is 0 Å². The number of rotatable bonds is 4. The predicted molar refractivity (Wildman–Crippen MR) is 69.0 cm³/mol. The van der Waals surface area contributed by atoms with E-state index in [0.717, 1.165) is 0 Å². The van der Waals surface area contributed by atoms with Crippen molar-refractivity contribution < 1.29 is 9.32 Å². The number of hydrogen-bond acceptors (Lipinski definition) is 6. The van der Waals surface area contributed by atoms with Gasteiger partial charge in [-0.15, -0.1) is 0 Å². The lowest BCUT2D eigenvalue weighted by molar-refractivity contribution is 0.0941. The van der Waals surface area contributed by atoms with E-state index in [1.54, 1.807) is 25.1 Å². The fraction of sp³-hybridized carbons (Fsp3) is 0.273. The summed E-state index contributed by atoms with van der Waals surface area (Å²) < 4.78 is 4.97. The normalized spacial score (nSPS) is 10.3. The zero-order chi connectivity index (χ0) is 13.8. The molecule has 0 aliphatic rings. The van der Waals surface area contributed by atoms with E-state index < -0.39 is 0 Å². The van der Waals surface area contributed by atoms with Crippen LogP contribution >= 0.6 is 11.6 Å². The van der Waals surface area contributed by atoms with E-state index in [2.05, 4.69) is 20.4 Å². The van der Waals surface area contributed by atoms with E-state index in [0.29, 0.717) is 16.9 Å². The van der Waals surface area contributed by atoms with Gasteiger partial charge < -0.3 is 14.7 Å². The molecule has 0 saturated heterocycles. The maximum Gasteiger partial charge on any atom is 0.270 e. The topological polar surface area (TPSA) is 84.2 Å². The smallest absolute Gasteiger partial charge is 0.270 e. The number of nitrogens with one attached hydrogen (secondary N) is 1. The first-order valence-electron chi connectivity index (χ1n) is 5.46. The Labute approximate surface area is 114 Å². The van der Waals surface area contributed by atoms with Gasteiger partial charge in [0, 0.05) is 20.3 Å². The summed E-state index contributed by atoms with van der Waals surface area (Å²) in [5.41, 5.74) is 0.275. The zero-order valence-corrected chi connectivity index (χ0v) is 11.2. The quantitative estimate of drug-likeness (QED) is 0.904. The molecule has 8 heteroatoms. The molecule has 0 aliphatic carbocycles. The van der Waals surface area contributed by atoms with Crippen LogP contribution in [0.25, 0.3) is 0 Å².